The summed E-state index contributed by atoms with van der Waals surface area (Å²) >= 11 is 18.2. The van der Waals surface area contributed by atoms with E-state index in [9.17, 15) is 15.0 Å². The fourth-order valence-electron chi connectivity index (χ4n) is 3.46. The number of carbonyl (C=O) groups excluding carboxylic acids is 1. The maximum absolute atomic E-state index is 12.3. The van der Waals surface area contributed by atoms with E-state index in [2.05, 4.69) is 9.80 Å². The van der Waals surface area contributed by atoms with Gasteiger partial charge in [0.2, 0.25) is 0 Å². The van der Waals surface area contributed by atoms with Crippen LogP contribution in [-0.2, 0) is 0 Å². The minimum atomic E-state index is -0.401. The van der Waals surface area contributed by atoms with Crippen LogP contribution in [0.4, 0.5) is 5.69 Å². The molecule has 156 valence electrons. The summed E-state index contributed by atoms with van der Waals surface area (Å²) in [4.78, 5) is 16.9. The predicted octanol–water partition coefficient (Wildman–Crippen LogP) is 5.23. The van der Waals surface area contributed by atoms with Gasteiger partial charge in [-0.15, -0.1) is 0 Å². The van der Waals surface area contributed by atoms with Crippen molar-refractivity contribution in [2.24, 2.45) is 0 Å². The van der Waals surface area contributed by atoms with Gasteiger partial charge >= 0.3 is 0 Å². The SMILES string of the molecule is O=C(CCCCN1CCN(c2cccc(Cl)c2Cl)CC1)c1cc(O)c(O)c(Cl)c1. The molecular weight excluding hydrogens is 435 g/mol. The van der Waals surface area contributed by atoms with E-state index in [0.29, 0.717) is 22.0 Å². The molecule has 0 saturated carbocycles. The third-order valence-electron chi connectivity index (χ3n) is 5.14. The number of phenols is 2. The summed E-state index contributed by atoms with van der Waals surface area (Å²) in [6.45, 7) is 4.54. The summed E-state index contributed by atoms with van der Waals surface area (Å²) in [6, 6.07) is 8.33. The number of ketones is 1. The van der Waals surface area contributed by atoms with Crippen LogP contribution in [0.25, 0.3) is 0 Å². The number of rotatable bonds is 7. The molecule has 8 heteroatoms. The van der Waals surface area contributed by atoms with Gasteiger partial charge in [-0.1, -0.05) is 40.9 Å². The van der Waals surface area contributed by atoms with Crippen molar-refractivity contribution in [2.75, 3.05) is 37.6 Å². The highest BCUT2D eigenvalue weighted by Gasteiger charge is 2.19. The number of aromatic hydroxyl groups is 2. The lowest BCUT2D eigenvalue weighted by molar-refractivity contribution is 0.0977. The molecule has 0 amide bonds. The average Bonchev–Trinajstić information content (AvgIpc) is 2.71. The fourth-order valence-corrected chi connectivity index (χ4v) is 4.09. The Bertz CT molecular complexity index is 860. The van der Waals surface area contributed by atoms with Gasteiger partial charge < -0.3 is 15.1 Å². The van der Waals surface area contributed by atoms with E-state index in [1.807, 2.05) is 12.1 Å². The second-order valence-electron chi connectivity index (χ2n) is 7.11. The van der Waals surface area contributed by atoms with Crippen LogP contribution >= 0.6 is 34.8 Å². The molecule has 0 atom stereocenters. The maximum atomic E-state index is 12.3. The predicted molar refractivity (Wildman–Crippen MR) is 118 cm³/mol. The van der Waals surface area contributed by atoms with Crippen molar-refractivity contribution in [3.05, 3.63) is 51.0 Å². The second-order valence-corrected chi connectivity index (χ2v) is 8.30. The lowest BCUT2D eigenvalue weighted by Crippen LogP contribution is -2.46. The largest absolute Gasteiger partial charge is 0.504 e. The Morgan fingerprint density at radius 1 is 0.966 bits per heavy atom. The highest BCUT2D eigenvalue weighted by Crippen LogP contribution is 2.35. The van der Waals surface area contributed by atoms with Gasteiger partial charge in [0, 0.05) is 38.2 Å². The number of piperazine rings is 1. The summed E-state index contributed by atoms with van der Waals surface area (Å²) in [6.07, 6.45) is 2.03. The number of unbranched alkanes of at least 4 members (excludes halogenated alkanes) is 1. The molecule has 2 aromatic rings. The Morgan fingerprint density at radius 3 is 2.38 bits per heavy atom. The third kappa shape index (κ3) is 5.48. The van der Waals surface area contributed by atoms with Crippen molar-refractivity contribution in [3.8, 4) is 11.5 Å². The first-order valence-corrected chi connectivity index (χ1v) is 10.7. The van der Waals surface area contributed by atoms with Crippen LogP contribution in [0, 0.1) is 0 Å². The van der Waals surface area contributed by atoms with E-state index in [0.717, 1.165) is 51.3 Å². The normalized spacial score (nSPS) is 14.9. The number of benzene rings is 2. The standard InChI is InChI=1S/C21H23Cl3N2O3/c22-15-4-3-5-17(20(15)24)26-10-8-25(9-11-26)7-2-1-6-18(27)14-12-16(23)21(29)19(28)13-14/h3-5,12-13,28-29H,1-2,6-11H2. The van der Waals surface area contributed by atoms with Crippen LogP contribution in [0.15, 0.2) is 30.3 Å². The first-order valence-electron chi connectivity index (χ1n) is 9.53. The molecule has 0 spiro atoms. The number of phenolic OH excluding ortho intramolecular Hbond substituents is 2. The van der Waals surface area contributed by atoms with E-state index in [1.165, 1.54) is 12.1 Å². The van der Waals surface area contributed by atoms with Crippen LogP contribution in [0.2, 0.25) is 15.1 Å². The minimum Gasteiger partial charge on any atom is -0.504 e. The van der Waals surface area contributed by atoms with Crippen molar-refractivity contribution in [3.63, 3.8) is 0 Å². The van der Waals surface area contributed by atoms with Crippen LogP contribution < -0.4 is 4.90 Å². The molecule has 0 bridgehead atoms. The minimum absolute atomic E-state index is 0.0222. The molecule has 0 radical (unpaired) electrons. The highest BCUT2D eigenvalue weighted by molar-refractivity contribution is 6.43. The second kappa shape index (κ2) is 9.90. The number of halogens is 3. The Kier molecular flexibility index (Phi) is 7.52. The van der Waals surface area contributed by atoms with E-state index in [1.54, 1.807) is 6.07 Å². The highest BCUT2D eigenvalue weighted by atomic mass is 35.5. The molecule has 1 aliphatic rings. The van der Waals surface area contributed by atoms with Crippen molar-refractivity contribution >= 4 is 46.3 Å². The summed E-state index contributed by atoms with van der Waals surface area (Å²) in [5.41, 5.74) is 1.29. The number of carbonyl (C=O) groups is 1. The van der Waals surface area contributed by atoms with Crippen molar-refractivity contribution in [2.45, 2.75) is 19.3 Å². The zero-order chi connectivity index (χ0) is 21.0. The Hall–Kier alpha value is -1.66. The van der Waals surface area contributed by atoms with Crippen LogP contribution in [0.1, 0.15) is 29.6 Å². The van der Waals surface area contributed by atoms with Gasteiger partial charge in [-0.25, -0.2) is 0 Å². The molecule has 1 heterocycles. The Morgan fingerprint density at radius 2 is 1.69 bits per heavy atom. The number of nitrogens with zero attached hydrogens (tertiary/aromatic N) is 2. The maximum Gasteiger partial charge on any atom is 0.176 e. The lowest BCUT2D eigenvalue weighted by Gasteiger charge is -2.36. The van der Waals surface area contributed by atoms with E-state index in [-0.39, 0.29) is 16.6 Å². The van der Waals surface area contributed by atoms with E-state index >= 15 is 0 Å². The topological polar surface area (TPSA) is 64.0 Å². The lowest BCUT2D eigenvalue weighted by atomic mass is 10.0. The van der Waals surface area contributed by atoms with E-state index in [4.69, 9.17) is 34.8 Å². The smallest absolute Gasteiger partial charge is 0.176 e. The molecule has 2 N–H and O–H groups in total. The quantitative estimate of drug-likeness (QED) is 0.338. The molecule has 0 aliphatic carbocycles. The fraction of sp³-hybridized carbons (Fsp3) is 0.381. The molecule has 1 fully saturated rings. The van der Waals surface area contributed by atoms with Gasteiger partial charge in [-0.05, 0) is 43.7 Å². The summed E-state index contributed by atoms with van der Waals surface area (Å²) < 4.78 is 0. The zero-order valence-electron chi connectivity index (χ0n) is 15.9. The molecule has 2 aromatic carbocycles. The van der Waals surface area contributed by atoms with Gasteiger partial charge in [-0.3, -0.25) is 9.69 Å². The molecule has 0 aromatic heterocycles. The number of hydrogen-bond donors (Lipinski definition) is 2. The molecule has 1 aliphatic heterocycles. The van der Waals surface area contributed by atoms with Crippen molar-refractivity contribution in [1.82, 2.24) is 4.90 Å². The first-order chi connectivity index (χ1) is 13.9. The summed E-state index contributed by atoms with van der Waals surface area (Å²) in [5.74, 6) is -0.873. The molecule has 0 unspecified atom stereocenters. The number of anilines is 1. The molecule has 5 nitrogen and oxygen atoms in total. The monoisotopic (exact) mass is 456 g/mol. The first kappa shape index (κ1) is 22.0. The Labute approximate surface area is 185 Å². The van der Waals surface area contributed by atoms with Gasteiger partial charge in [0.05, 0.1) is 20.8 Å². The average molecular weight is 458 g/mol. The molecule has 29 heavy (non-hydrogen) atoms. The van der Waals surface area contributed by atoms with Crippen LogP contribution in [0.3, 0.4) is 0 Å². The third-order valence-corrected chi connectivity index (χ3v) is 6.23. The van der Waals surface area contributed by atoms with Gasteiger partial charge in [0.25, 0.3) is 0 Å². The van der Waals surface area contributed by atoms with Gasteiger partial charge in [-0.2, -0.15) is 0 Å². The molecule has 3 rings (SSSR count). The van der Waals surface area contributed by atoms with E-state index < -0.39 is 5.75 Å². The van der Waals surface area contributed by atoms with Crippen LogP contribution in [0.5, 0.6) is 11.5 Å². The van der Waals surface area contributed by atoms with Gasteiger partial charge in [0.1, 0.15) is 0 Å². The summed E-state index contributed by atoms with van der Waals surface area (Å²) in [5, 5.41) is 20.2. The van der Waals surface area contributed by atoms with Crippen LogP contribution in [-0.4, -0.2) is 53.6 Å². The zero-order valence-corrected chi connectivity index (χ0v) is 18.1. The van der Waals surface area contributed by atoms with Gasteiger partial charge in [0.15, 0.2) is 17.3 Å². The number of Topliss-reactive ketones (excluding diaryl/α,β-unsaturated/α-hetero) is 1. The van der Waals surface area contributed by atoms with Crippen molar-refractivity contribution < 1.29 is 15.0 Å². The Balaban J connectivity index is 1.41. The number of hydrogen-bond acceptors (Lipinski definition) is 5. The molecule has 1 saturated heterocycles. The summed E-state index contributed by atoms with van der Waals surface area (Å²) in [7, 11) is 0. The molecular formula is C21H23Cl3N2O3. The van der Waals surface area contributed by atoms with Crippen molar-refractivity contribution in [1.29, 1.82) is 0 Å².